The predicted molar refractivity (Wildman–Crippen MR) is 37.1 cm³/mol. The van der Waals surface area contributed by atoms with Crippen LogP contribution in [0.2, 0.25) is 0 Å². The Morgan fingerprint density at radius 2 is 2.10 bits per heavy atom. The molecule has 0 aromatic rings. The van der Waals surface area contributed by atoms with Crippen LogP contribution in [0.3, 0.4) is 0 Å². The summed E-state index contributed by atoms with van der Waals surface area (Å²) < 4.78 is 23.1. The molecule has 0 spiro atoms. The number of hydrogen-bond acceptors (Lipinski definition) is 2. The van der Waals surface area contributed by atoms with Crippen LogP contribution in [-0.2, 0) is 0 Å². The molecule has 0 heterocycles. The van der Waals surface area contributed by atoms with Crippen LogP contribution >= 0.6 is 0 Å². The van der Waals surface area contributed by atoms with E-state index >= 15 is 0 Å². The van der Waals surface area contributed by atoms with Crippen molar-refractivity contribution in [2.24, 2.45) is 5.73 Å². The molecule has 0 aliphatic rings. The van der Waals surface area contributed by atoms with Crippen molar-refractivity contribution in [2.75, 3.05) is 13.1 Å². The van der Waals surface area contributed by atoms with Crippen LogP contribution < -0.4 is 11.1 Å². The Morgan fingerprint density at radius 3 is 2.50 bits per heavy atom. The van der Waals surface area contributed by atoms with E-state index < -0.39 is 6.43 Å². The number of halogens is 2. The minimum atomic E-state index is -2.26. The third-order valence-electron chi connectivity index (χ3n) is 1.22. The van der Waals surface area contributed by atoms with Crippen LogP contribution in [0, 0.1) is 0 Å². The lowest BCUT2D eigenvalue weighted by Gasteiger charge is -2.11. The molecule has 1 unspecified atom stereocenters. The molecule has 0 radical (unpaired) electrons. The van der Waals surface area contributed by atoms with E-state index in [4.69, 9.17) is 5.73 Å². The molecule has 0 amide bonds. The number of nitrogens with one attached hydrogen (secondary N) is 1. The Morgan fingerprint density at radius 1 is 1.50 bits per heavy atom. The van der Waals surface area contributed by atoms with E-state index in [1.165, 1.54) is 0 Å². The van der Waals surface area contributed by atoms with Gasteiger partial charge in [0.25, 0.3) is 6.43 Å². The summed E-state index contributed by atoms with van der Waals surface area (Å²) in [5.74, 6) is 0. The predicted octanol–water partition coefficient (Wildman–Crippen LogP) is 0.578. The summed E-state index contributed by atoms with van der Waals surface area (Å²) in [6, 6.07) is 0.0963. The van der Waals surface area contributed by atoms with Gasteiger partial charge >= 0.3 is 0 Å². The molecule has 0 fully saturated rings. The first kappa shape index (κ1) is 9.78. The lowest BCUT2D eigenvalue weighted by atomic mass is 10.2. The van der Waals surface area contributed by atoms with Gasteiger partial charge in [0.05, 0.1) is 6.54 Å². The largest absolute Gasteiger partial charge is 0.330 e. The molecule has 0 aromatic heterocycles. The lowest BCUT2D eigenvalue weighted by Crippen LogP contribution is -2.32. The molecule has 2 nitrogen and oxygen atoms in total. The van der Waals surface area contributed by atoms with Gasteiger partial charge in [-0.05, 0) is 19.9 Å². The fraction of sp³-hybridized carbons (Fsp3) is 1.00. The summed E-state index contributed by atoms with van der Waals surface area (Å²) >= 11 is 0. The summed E-state index contributed by atoms with van der Waals surface area (Å²) in [6.45, 7) is 2.15. The van der Waals surface area contributed by atoms with E-state index in [9.17, 15) is 8.78 Å². The first-order chi connectivity index (χ1) is 4.66. The van der Waals surface area contributed by atoms with Crippen molar-refractivity contribution in [1.82, 2.24) is 5.32 Å². The highest BCUT2D eigenvalue weighted by atomic mass is 19.3. The highest BCUT2D eigenvalue weighted by Gasteiger charge is 2.04. The van der Waals surface area contributed by atoms with E-state index in [-0.39, 0.29) is 12.6 Å². The van der Waals surface area contributed by atoms with E-state index in [2.05, 4.69) is 5.32 Å². The Hall–Kier alpha value is -0.220. The minimum absolute atomic E-state index is 0.0963. The summed E-state index contributed by atoms with van der Waals surface area (Å²) in [5.41, 5.74) is 5.21. The highest BCUT2D eigenvalue weighted by Crippen LogP contribution is 1.92. The standard InChI is InChI=1S/C6H14F2N2/c1-5(2-3-9)10-4-6(7)8/h5-6,10H,2-4,9H2,1H3. The maximum absolute atomic E-state index is 11.5. The van der Waals surface area contributed by atoms with Gasteiger partial charge in [-0.25, -0.2) is 8.78 Å². The van der Waals surface area contributed by atoms with Gasteiger partial charge < -0.3 is 11.1 Å². The molecule has 4 heteroatoms. The Bertz CT molecular complexity index is 78.1. The van der Waals surface area contributed by atoms with Gasteiger partial charge in [-0.15, -0.1) is 0 Å². The van der Waals surface area contributed by atoms with E-state index in [0.717, 1.165) is 6.42 Å². The zero-order valence-electron chi connectivity index (χ0n) is 6.11. The second-order valence-corrected chi connectivity index (χ2v) is 2.28. The molecule has 0 aliphatic heterocycles. The molecule has 1 atom stereocenters. The van der Waals surface area contributed by atoms with E-state index in [1.807, 2.05) is 6.92 Å². The topological polar surface area (TPSA) is 38.0 Å². The average Bonchev–Trinajstić information content (AvgIpc) is 1.85. The monoisotopic (exact) mass is 152 g/mol. The van der Waals surface area contributed by atoms with Crippen molar-refractivity contribution < 1.29 is 8.78 Å². The Kier molecular flexibility index (Phi) is 5.43. The highest BCUT2D eigenvalue weighted by molar-refractivity contribution is 4.60. The molecule has 0 rings (SSSR count). The number of hydrogen-bond donors (Lipinski definition) is 2. The molecule has 0 bridgehead atoms. The quantitative estimate of drug-likeness (QED) is 0.604. The van der Waals surface area contributed by atoms with Gasteiger partial charge in [0.2, 0.25) is 0 Å². The molecule has 10 heavy (non-hydrogen) atoms. The van der Waals surface area contributed by atoms with Gasteiger partial charge in [-0.2, -0.15) is 0 Å². The summed E-state index contributed by atoms with van der Waals surface area (Å²) in [7, 11) is 0. The van der Waals surface area contributed by atoms with E-state index in [1.54, 1.807) is 0 Å². The van der Waals surface area contributed by atoms with Gasteiger partial charge in [-0.3, -0.25) is 0 Å². The molecule has 62 valence electrons. The van der Waals surface area contributed by atoms with Crippen LogP contribution in [0.25, 0.3) is 0 Å². The van der Waals surface area contributed by atoms with Crippen LogP contribution in [0.5, 0.6) is 0 Å². The van der Waals surface area contributed by atoms with Gasteiger partial charge in [0, 0.05) is 6.04 Å². The summed E-state index contributed by atoms with van der Waals surface area (Å²) in [5, 5.41) is 2.65. The van der Waals surface area contributed by atoms with Crippen LogP contribution in [-0.4, -0.2) is 25.6 Å². The van der Waals surface area contributed by atoms with Gasteiger partial charge in [-0.1, -0.05) is 0 Å². The Labute approximate surface area is 59.8 Å². The SMILES string of the molecule is CC(CCN)NCC(F)F. The lowest BCUT2D eigenvalue weighted by molar-refractivity contribution is 0.141. The third kappa shape index (κ3) is 5.91. The van der Waals surface area contributed by atoms with Crippen LogP contribution in [0.4, 0.5) is 8.78 Å². The third-order valence-corrected chi connectivity index (χ3v) is 1.22. The molecule has 0 aliphatic carbocycles. The maximum Gasteiger partial charge on any atom is 0.250 e. The second-order valence-electron chi connectivity index (χ2n) is 2.28. The van der Waals surface area contributed by atoms with Crippen molar-refractivity contribution >= 4 is 0 Å². The van der Waals surface area contributed by atoms with Crippen molar-refractivity contribution in [3.63, 3.8) is 0 Å². The molecule has 0 saturated heterocycles. The first-order valence-electron chi connectivity index (χ1n) is 3.38. The van der Waals surface area contributed by atoms with Gasteiger partial charge in [0.1, 0.15) is 0 Å². The zero-order chi connectivity index (χ0) is 7.98. The fourth-order valence-electron chi connectivity index (χ4n) is 0.642. The molecule has 0 saturated carbocycles. The molecule has 0 aromatic carbocycles. The Balaban J connectivity index is 3.12. The first-order valence-corrected chi connectivity index (χ1v) is 3.38. The van der Waals surface area contributed by atoms with Crippen molar-refractivity contribution in [1.29, 1.82) is 0 Å². The summed E-state index contributed by atoms with van der Waals surface area (Å²) in [6.07, 6.45) is -1.52. The maximum atomic E-state index is 11.5. The van der Waals surface area contributed by atoms with Crippen LogP contribution in [0.15, 0.2) is 0 Å². The number of nitrogens with two attached hydrogens (primary N) is 1. The van der Waals surface area contributed by atoms with Crippen molar-refractivity contribution in [3.8, 4) is 0 Å². The molecular formula is C6H14F2N2. The van der Waals surface area contributed by atoms with Gasteiger partial charge in [0.15, 0.2) is 0 Å². The second kappa shape index (κ2) is 5.56. The minimum Gasteiger partial charge on any atom is -0.330 e. The van der Waals surface area contributed by atoms with Crippen molar-refractivity contribution in [3.05, 3.63) is 0 Å². The smallest absolute Gasteiger partial charge is 0.250 e. The molecule has 3 N–H and O–H groups in total. The average molecular weight is 152 g/mol. The fourth-order valence-corrected chi connectivity index (χ4v) is 0.642. The van der Waals surface area contributed by atoms with Crippen molar-refractivity contribution in [2.45, 2.75) is 25.8 Å². The number of rotatable bonds is 5. The number of alkyl halides is 2. The molecular weight excluding hydrogens is 138 g/mol. The van der Waals surface area contributed by atoms with E-state index in [0.29, 0.717) is 6.54 Å². The normalized spacial score (nSPS) is 14.1. The zero-order valence-corrected chi connectivity index (χ0v) is 6.11. The van der Waals surface area contributed by atoms with Crippen LogP contribution in [0.1, 0.15) is 13.3 Å². The summed E-state index contributed by atoms with van der Waals surface area (Å²) in [4.78, 5) is 0.